The fraction of sp³-hybridized carbons (Fsp3) is 0.311. The average Bonchev–Trinajstić information content (AvgIpc) is 3.23. The Morgan fingerprint density at radius 1 is 0.932 bits per heavy atom. The van der Waals surface area contributed by atoms with Gasteiger partial charge in [-0.2, -0.15) is 0 Å². The van der Waals surface area contributed by atoms with Gasteiger partial charge in [0, 0.05) is 80.1 Å². The number of benzene rings is 4. The van der Waals surface area contributed by atoms with Gasteiger partial charge in [0.25, 0.3) is 0 Å². The number of nitrogens with one attached hydrogen (secondary N) is 3. The number of piperazine rings is 1. The van der Waals surface area contributed by atoms with Crippen molar-refractivity contribution in [2.45, 2.75) is 44.4 Å². The summed E-state index contributed by atoms with van der Waals surface area (Å²) in [6.45, 7) is 15.8. The first-order valence-corrected chi connectivity index (χ1v) is 19.7. The molecule has 14 heteroatoms. The number of nitrogens with two attached hydrogens (primary N) is 2. The van der Waals surface area contributed by atoms with Gasteiger partial charge in [0.15, 0.2) is 0 Å². The highest BCUT2D eigenvalue weighted by Crippen LogP contribution is 2.40. The Kier molecular flexibility index (Phi) is 13.0. The molecule has 2 heterocycles. The van der Waals surface area contributed by atoms with E-state index in [9.17, 15) is 24.6 Å². The van der Waals surface area contributed by atoms with Crippen LogP contribution in [0, 0.1) is 0 Å². The Labute approximate surface area is 345 Å². The lowest BCUT2D eigenvalue weighted by atomic mass is 9.93. The van der Waals surface area contributed by atoms with Gasteiger partial charge in [-0.25, -0.2) is 0 Å². The monoisotopic (exact) mass is 802 g/mol. The summed E-state index contributed by atoms with van der Waals surface area (Å²) < 4.78 is 6.02. The van der Waals surface area contributed by atoms with Crippen LogP contribution in [0.5, 0.6) is 17.2 Å². The van der Waals surface area contributed by atoms with Gasteiger partial charge in [-0.1, -0.05) is 37.4 Å². The standard InChI is InChI=1S/C45H54N8O6/c1-27(32-7-10-34(11-8-32)52-19-21-53(22-20-52)35-12-14-36(54)15-13-35)48-30(4)45(58)51(5)42-28(2)49-29(3)44(57)50-39(43(47)56)25-31-6-16-40(55)37(24-31)38-26-33(42)9-17-41(38)59-23-18-46/h6-17,24,26,29-30,39,42,48-49,54-55H,1-2,18-23,25,46H2,3-5H3,(H2,47,56)(H,50,57)/t29-,30-,39-,42+/m0/s1. The number of phenolic OH excluding ortho intramolecular Hbond substituents is 2. The summed E-state index contributed by atoms with van der Waals surface area (Å²) in [7, 11) is 1.66. The molecule has 3 amide bonds. The Morgan fingerprint density at radius 3 is 2.17 bits per heavy atom. The number of hydrogen-bond acceptors (Lipinski definition) is 11. The van der Waals surface area contributed by atoms with Crippen molar-refractivity contribution in [1.29, 1.82) is 0 Å². The number of fused-ring (bicyclic) bond motifs is 5. The van der Waals surface area contributed by atoms with Gasteiger partial charge in [-0.15, -0.1) is 0 Å². The Balaban J connectivity index is 1.22. The molecule has 0 aromatic heterocycles. The molecule has 0 unspecified atom stereocenters. The van der Waals surface area contributed by atoms with E-state index >= 15 is 0 Å². The highest BCUT2D eigenvalue weighted by molar-refractivity contribution is 5.89. The lowest BCUT2D eigenvalue weighted by Gasteiger charge is -2.37. The van der Waals surface area contributed by atoms with E-state index in [0.717, 1.165) is 43.1 Å². The number of carbonyl (C=O) groups is 3. The van der Waals surface area contributed by atoms with Crippen LogP contribution in [-0.4, -0.2) is 97.3 Å². The van der Waals surface area contributed by atoms with Crippen LogP contribution >= 0.6 is 0 Å². The van der Waals surface area contributed by atoms with E-state index in [1.807, 2.05) is 36.4 Å². The van der Waals surface area contributed by atoms with E-state index in [0.29, 0.717) is 39.4 Å². The first kappa shape index (κ1) is 41.9. The molecule has 4 atom stereocenters. The lowest BCUT2D eigenvalue weighted by Crippen LogP contribution is -2.52. The number of ether oxygens (including phenoxy) is 1. The van der Waals surface area contributed by atoms with Gasteiger partial charge >= 0.3 is 0 Å². The number of likely N-dealkylation sites (N-methyl/N-ethyl adjacent to an activating group) is 1. The van der Waals surface area contributed by atoms with Gasteiger partial charge in [0.2, 0.25) is 17.7 Å². The predicted octanol–water partition coefficient (Wildman–Crippen LogP) is 3.60. The first-order chi connectivity index (χ1) is 28.2. The van der Waals surface area contributed by atoms with Gasteiger partial charge in [-0.05, 0) is 91.2 Å². The molecule has 0 saturated carbocycles. The van der Waals surface area contributed by atoms with Crippen molar-refractivity contribution in [2.24, 2.45) is 11.5 Å². The second-order valence-electron chi connectivity index (χ2n) is 15.0. The third-order valence-electron chi connectivity index (χ3n) is 10.8. The number of aromatic hydroxyl groups is 2. The zero-order valence-corrected chi connectivity index (χ0v) is 33.8. The van der Waals surface area contributed by atoms with Crippen LogP contribution in [0.3, 0.4) is 0 Å². The molecule has 59 heavy (non-hydrogen) atoms. The minimum Gasteiger partial charge on any atom is -0.508 e. The third kappa shape index (κ3) is 9.73. The lowest BCUT2D eigenvalue weighted by molar-refractivity contribution is -0.133. The fourth-order valence-corrected chi connectivity index (χ4v) is 7.58. The predicted molar refractivity (Wildman–Crippen MR) is 231 cm³/mol. The van der Waals surface area contributed by atoms with Crippen LogP contribution in [0.1, 0.15) is 36.6 Å². The number of anilines is 2. The maximum Gasteiger partial charge on any atom is 0.245 e. The van der Waals surface area contributed by atoms with E-state index in [2.05, 4.69) is 51.0 Å². The van der Waals surface area contributed by atoms with Crippen molar-refractivity contribution in [2.75, 3.05) is 56.2 Å². The molecule has 4 bridgehead atoms. The SMILES string of the molecule is C=C(N[C@@H](C)C(=O)N(C)[C@@H]1C(=C)N[C@@H](C)C(=O)N[C@H](C(N)=O)Cc2ccc(O)c(c2)-c2cc1ccc2OCCN)c1ccc(N2CCN(c3ccc(O)cc3)CC2)cc1. The molecule has 2 aliphatic rings. The average molecular weight is 803 g/mol. The Bertz CT molecular complexity index is 2190. The van der Waals surface area contributed by atoms with Crippen LogP contribution in [0.15, 0.2) is 104 Å². The van der Waals surface area contributed by atoms with Gasteiger partial charge in [0.1, 0.15) is 42.0 Å². The fourth-order valence-electron chi connectivity index (χ4n) is 7.58. The molecule has 14 nitrogen and oxygen atoms in total. The summed E-state index contributed by atoms with van der Waals surface area (Å²) in [6, 6.07) is 22.2. The van der Waals surface area contributed by atoms with E-state index in [-0.39, 0.29) is 37.0 Å². The normalized spacial score (nSPS) is 18.7. The van der Waals surface area contributed by atoms with Crippen molar-refractivity contribution < 1.29 is 29.3 Å². The highest BCUT2D eigenvalue weighted by Gasteiger charge is 2.32. The number of carbonyl (C=O) groups excluding carboxylic acids is 3. The number of hydrogen-bond donors (Lipinski definition) is 7. The molecule has 2 aliphatic heterocycles. The van der Waals surface area contributed by atoms with Crippen LogP contribution in [0.25, 0.3) is 16.8 Å². The van der Waals surface area contributed by atoms with Gasteiger partial charge in [-0.3, -0.25) is 14.4 Å². The van der Waals surface area contributed by atoms with Crippen molar-refractivity contribution in [1.82, 2.24) is 20.9 Å². The molecular formula is C45H54N8O6. The second-order valence-corrected chi connectivity index (χ2v) is 15.0. The minimum atomic E-state index is -1.04. The maximum atomic E-state index is 14.3. The minimum absolute atomic E-state index is 0.0423. The van der Waals surface area contributed by atoms with Gasteiger partial charge < -0.3 is 57.1 Å². The Morgan fingerprint density at radius 2 is 1.56 bits per heavy atom. The number of nitrogens with zero attached hydrogens (tertiary/aromatic N) is 3. The molecule has 0 aliphatic carbocycles. The van der Waals surface area contributed by atoms with Crippen LogP contribution in [0.4, 0.5) is 11.4 Å². The molecule has 1 fully saturated rings. The molecule has 310 valence electrons. The summed E-state index contributed by atoms with van der Waals surface area (Å²) in [4.78, 5) is 46.4. The molecule has 0 radical (unpaired) electrons. The molecule has 0 spiro atoms. The number of phenols is 2. The second kappa shape index (κ2) is 18.3. The van der Waals surface area contributed by atoms with E-state index in [1.54, 1.807) is 56.1 Å². The van der Waals surface area contributed by atoms with E-state index in [1.165, 1.54) is 6.07 Å². The quantitative estimate of drug-likeness (QED) is 0.117. The summed E-state index contributed by atoms with van der Waals surface area (Å²) in [5, 5.41) is 29.9. The van der Waals surface area contributed by atoms with Crippen LogP contribution < -0.4 is 42.0 Å². The molecule has 9 N–H and O–H groups in total. The van der Waals surface area contributed by atoms with Crippen molar-refractivity contribution in [3.05, 3.63) is 120 Å². The smallest absolute Gasteiger partial charge is 0.245 e. The molecular weight excluding hydrogens is 749 g/mol. The third-order valence-corrected chi connectivity index (χ3v) is 10.8. The topological polar surface area (TPSA) is 199 Å². The summed E-state index contributed by atoms with van der Waals surface area (Å²) in [6.07, 6.45) is 0.0845. The van der Waals surface area contributed by atoms with Crippen molar-refractivity contribution in [3.8, 4) is 28.4 Å². The number of amides is 3. The van der Waals surface area contributed by atoms with Gasteiger partial charge in [0.05, 0.1) is 6.04 Å². The van der Waals surface area contributed by atoms with E-state index in [4.69, 9.17) is 16.2 Å². The number of rotatable bonds is 11. The summed E-state index contributed by atoms with van der Waals surface area (Å²) in [5.41, 5.74) is 17.6. The van der Waals surface area contributed by atoms with E-state index < -0.39 is 36.0 Å². The highest BCUT2D eigenvalue weighted by atomic mass is 16.5. The molecule has 4 aromatic rings. The van der Waals surface area contributed by atoms with Crippen molar-refractivity contribution >= 4 is 34.8 Å². The van der Waals surface area contributed by atoms with Crippen LogP contribution in [0.2, 0.25) is 0 Å². The zero-order valence-electron chi connectivity index (χ0n) is 33.8. The zero-order chi connectivity index (χ0) is 42.4. The van der Waals surface area contributed by atoms with Crippen molar-refractivity contribution in [3.63, 3.8) is 0 Å². The maximum absolute atomic E-state index is 14.3. The molecule has 4 aromatic carbocycles. The molecule has 6 rings (SSSR count). The Hall–Kier alpha value is -6.67. The largest absolute Gasteiger partial charge is 0.508 e. The first-order valence-electron chi connectivity index (χ1n) is 19.7. The number of primary amides is 1. The summed E-state index contributed by atoms with van der Waals surface area (Å²) >= 11 is 0. The van der Waals surface area contributed by atoms with Crippen LogP contribution in [-0.2, 0) is 20.8 Å². The summed E-state index contributed by atoms with van der Waals surface area (Å²) in [5.74, 6) is -0.834. The molecule has 1 saturated heterocycles.